The second-order valence-corrected chi connectivity index (χ2v) is 5.08. The standard InChI is InChI=1S/C13H13F3N2O3/c1-13(11(19)20,6-2-3-6)18-12(21)17-8-5-4-7(14)9(15)10(8)16/h4-6H,2-3H2,1H3,(H,19,20)(H2,17,18,21). The van der Waals surface area contributed by atoms with Crippen molar-refractivity contribution < 1.29 is 27.9 Å². The van der Waals surface area contributed by atoms with Crippen LogP contribution in [0.3, 0.4) is 0 Å². The number of aliphatic carboxylic acids is 1. The number of urea groups is 1. The van der Waals surface area contributed by atoms with Gasteiger partial charge in [0.05, 0.1) is 5.69 Å². The lowest BCUT2D eigenvalue weighted by atomic mass is 9.96. The van der Waals surface area contributed by atoms with Gasteiger partial charge in [0.15, 0.2) is 17.5 Å². The van der Waals surface area contributed by atoms with Gasteiger partial charge in [0, 0.05) is 0 Å². The molecule has 1 atom stereocenters. The highest BCUT2D eigenvalue weighted by atomic mass is 19.2. The van der Waals surface area contributed by atoms with E-state index in [4.69, 9.17) is 5.11 Å². The minimum Gasteiger partial charge on any atom is -0.480 e. The number of hydrogen-bond donors (Lipinski definition) is 3. The SMILES string of the molecule is CC(NC(=O)Nc1ccc(F)c(F)c1F)(C(=O)O)C1CC1. The molecule has 8 heteroatoms. The molecule has 0 bridgehead atoms. The summed E-state index contributed by atoms with van der Waals surface area (Å²) < 4.78 is 39.2. The molecule has 1 aromatic rings. The molecular formula is C13H13F3N2O3. The lowest BCUT2D eigenvalue weighted by Gasteiger charge is -2.26. The number of amides is 2. The molecule has 1 unspecified atom stereocenters. The second-order valence-electron chi connectivity index (χ2n) is 5.08. The first-order valence-electron chi connectivity index (χ1n) is 6.21. The van der Waals surface area contributed by atoms with Crippen molar-refractivity contribution in [2.45, 2.75) is 25.3 Å². The van der Waals surface area contributed by atoms with Crippen LogP contribution >= 0.6 is 0 Å². The summed E-state index contributed by atoms with van der Waals surface area (Å²) in [6, 6.07) is 0.505. The Balaban J connectivity index is 2.12. The minimum absolute atomic E-state index is 0.212. The van der Waals surface area contributed by atoms with Crippen molar-refractivity contribution in [3.05, 3.63) is 29.6 Å². The van der Waals surface area contributed by atoms with Gasteiger partial charge in [-0.05, 0) is 37.8 Å². The summed E-state index contributed by atoms with van der Waals surface area (Å²) in [6.45, 7) is 1.34. The van der Waals surface area contributed by atoms with Crippen LogP contribution in [-0.4, -0.2) is 22.6 Å². The third-order valence-electron chi connectivity index (χ3n) is 3.49. The summed E-state index contributed by atoms with van der Waals surface area (Å²) in [6.07, 6.45) is 1.31. The first-order chi connectivity index (χ1) is 9.75. The van der Waals surface area contributed by atoms with E-state index in [1.165, 1.54) is 6.92 Å². The molecule has 3 N–H and O–H groups in total. The van der Waals surface area contributed by atoms with Gasteiger partial charge in [-0.25, -0.2) is 22.8 Å². The number of nitrogens with one attached hydrogen (secondary N) is 2. The van der Waals surface area contributed by atoms with E-state index in [0.717, 1.165) is 6.07 Å². The van der Waals surface area contributed by atoms with Gasteiger partial charge in [-0.1, -0.05) is 0 Å². The quantitative estimate of drug-likeness (QED) is 0.748. The molecule has 1 aromatic carbocycles. The molecule has 2 rings (SSSR count). The van der Waals surface area contributed by atoms with Gasteiger partial charge < -0.3 is 15.7 Å². The van der Waals surface area contributed by atoms with Crippen LogP contribution in [-0.2, 0) is 4.79 Å². The van der Waals surface area contributed by atoms with E-state index in [0.29, 0.717) is 18.9 Å². The van der Waals surface area contributed by atoms with E-state index in [9.17, 15) is 22.8 Å². The van der Waals surface area contributed by atoms with Crippen molar-refractivity contribution in [3.8, 4) is 0 Å². The summed E-state index contributed by atoms with van der Waals surface area (Å²) in [7, 11) is 0. The molecule has 1 saturated carbocycles. The Labute approximate surface area is 118 Å². The summed E-state index contributed by atoms with van der Waals surface area (Å²) in [4.78, 5) is 23.0. The predicted molar refractivity (Wildman–Crippen MR) is 67.2 cm³/mol. The number of carboxylic acids is 1. The van der Waals surface area contributed by atoms with Crippen molar-refractivity contribution in [1.82, 2.24) is 5.32 Å². The molecule has 0 aromatic heterocycles. The number of halogens is 3. The van der Waals surface area contributed by atoms with Crippen LogP contribution in [0.15, 0.2) is 12.1 Å². The molecule has 1 aliphatic rings. The van der Waals surface area contributed by atoms with Crippen molar-refractivity contribution in [3.63, 3.8) is 0 Å². The zero-order chi connectivity index (χ0) is 15.8. The van der Waals surface area contributed by atoms with E-state index < -0.39 is 40.7 Å². The highest BCUT2D eigenvalue weighted by Gasteiger charge is 2.48. The van der Waals surface area contributed by atoms with E-state index >= 15 is 0 Å². The minimum atomic E-state index is -1.71. The maximum absolute atomic E-state index is 13.4. The van der Waals surface area contributed by atoms with Gasteiger partial charge >= 0.3 is 12.0 Å². The van der Waals surface area contributed by atoms with E-state index in [1.807, 2.05) is 5.32 Å². The first-order valence-corrected chi connectivity index (χ1v) is 6.21. The average Bonchev–Trinajstić information content (AvgIpc) is 3.24. The molecule has 2 amide bonds. The highest BCUT2D eigenvalue weighted by Crippen LogP contribution is 2.39. The fourth-order valence-corrected chi connectivity index (χ4v) is 2.00. The summed E-state index contributed by atoms with van der Waals surface area (Å²) in [5.74, 6) is -6.07. The van der Waals surface area contributed by atoms with Crippen LogP contribution in [0.25, 0.3) is 0 Å². The van der Waals surface area contributed by atoms with Crippen molar-refractivity contribution in [1.29, 1.82) is 0 Å². The van der Waals surface area contributed by atoms with Crippen molar-refractivity contribution in [2.75, 3.05) is 5.32 Å². The van der Waals surface area contributed by atoms with E-state index in [2.05, 4.69) is 5.32 Å². The van der Waals surface area contributed by atoms with Crippen molar-refractivity contribution >= 4 is 17.7 Å². The van der Waals surface area contributed by atoms with Crippen LogP contribution in [0.2, 0.25) is 0 Å². The lowest BCUT2D eigenvalue weighted by Crippen LogP contribution is -2.55. The molecule has 114 valence electrons. The molecule has 1 aliphatic carbocycles. The molecule has 5 nitrogen and oxygen atoms in total. The fraction of sp³-hybridized carbons (Fsp3) is 0.385. The summed E-state index contributed by atoms with van der Waals surface area (Å²) in [5.41, 5.74) is -2.06. The molecule has 0 saturated heterocycles. The van der Waals surface area contributed by atoms with E-state index in [-0.39, 0.29) is 5.92 Å². The zero-order valence-corrected chi connectivity index (χ0v) is 11.0. The maximum Gasteiger partial charge on any atom is 0.329 e. The number of carboxylic acid groups (broad SMARTS) is 1. The Morgan fingerprint density at radius 1 is 1.24 bits per heavy atom. The van der Waals surface area contributed by atoms with Gasteiger partial charge in [0.2, 0.25) is 0 Å². The Morgan fingerprint density at radius 2 is 1.86 bits per heavy atom. The van der Waals surface area contributed by atoms with E-state index in [1.54, 1.807) is 0 Å². The number of benzene rings is 1. The molecule has 21 heavy (non-hydrogen) atoms. The third-order valence-corrected chi connectivity index (χ3v) is 3.49. The Bertz CT molecular complexity index is 605. The van der Waals surface area contributed by atoms with Crippen LogP contribution < -0.4 is 10.6 Å². The van der Waals surface area contributed by atoms with Crippen LogP contribution in [0.1, 0.15) is 19.8 Å². The number of rotatable bonds is 4. The summed E-state index contributed by atoms with van der Waals surface area (Å²) in [5, 5.41) is 13.4. The normalized spacial score (nSPS) is 17.0. The first kappa shape index (κ1) is 15.1. The van der Waals surface area contributed by atoms with Crippen LogP contribution in [0.5, 0.6) is 0 Å². The third kappa shape index (κ3) is 2.93. The monoisotopic (exact) mass is 302 g/mol. The molecular weight excluding hydrogens is 289 g/mol. The number of carbonyl (C=O) groups is 2. The van der Waals surface area contributed by atoms with Crippen molar-refractivity contribution in [2.24, 2.45) is 5.92 Å². The second kappa shape index (κ2) is 5.27. The lowest BCUT2D eigenvalue weighted by molar-refractivity contribution is -0.144. The molecule has 0 heterocycles. The molecule has 1 fully saturated rings. The van der Waals surface area contributed by atoms with Gasteiger partial charge in [-0.15, -0.1) is 0 Å². The Kier molecular flexibility index (Phi) is 3.80. The van der Waals surface area contributed by atoms with Gasteiger partial charge in [-0.2, -0.15) is 0 Å². The van der Waals surface area contributed by atoms with Gasteiger partial charge in [0.1, 0.15) is 5.54 Å². The highest BCUT2D eigenvalue weighted by molar-refractivity contribution is 5.94. The molecule has 0 spiro atoms. The molecule has 0 radical (unpaired) electrons. The van der Waals surface area contributed by atoms with Crippen LogP contribution in [0.4, 0.5) is 23.7 Å². The summed E-state index contributed by atoms with van der Waals surface area (Å²) >= 11 is 0. The number of carbonyl (C=O) groups excluding carboxylic acids is 1. The van der Waals surface area contributed by atoms with Crippen LogP contribution in [0, 0.1) is 23.4 Å². The zero-order valence-electron chi connectivity index (χ0n) is 11.0. The molecule has 0 aliphatic heterocycles. The Hall–Kier alpha value is -2.25. The largest absolute Gasteiger partial charge is 0.480 e. The average molecular weight is 302 g/mol. The number of anilines is 1. The maximum atomic E-state index is 13.4. The fourth-order valence-electron chi connectivity index (χ4n) is 2.00. The number of hydrogen-bond acceptors (Lipinski definition) is 2. The smallest absolute Gasteiger partial charge is 0.329 e. The van der Waals surface area contributed by atoms with Gasteiger partial charge in [0.25, 0.3) is 0 Å². The topological polar surface area (TPSA) is 78.4 Å². The van der Waals surface area contributed by atoms with Gasteiger partial charge in [-0.3, -0.25) is 0 Å². The predicted octanol–water partition coefficient (Wildman–Crippen LogP) is 2.48. The Morgan fingerprint density at radius 3 is 2.38 bits per heavy atom.